The molecule has 0 fully saturated rings. The SMILES string of the molecule is O=C(Nc1ccc(F)cc1)N1CCc2ccccc2C1CO. The Morgan fingerprint density at radius 2 is 1.95 bits per heavy atom. The molecule has 1 unspecified atom stereocenters. The second kappa shape index (κ2) is 6.15. The fourth-order valence-electron chi connectivity index (χ4n) is 2.82. The number of aliphatic hydroxyl groups excluding tert-OH is 1. The lowest BCUT2D eigenvalue weighted by molar-refractivity contribution is 0.135. The lowest BCUT2D eigenvalue weighted by Crippen LogP contribution is -2.43. The van der Waals surface area contributed by atoms with Crippen LogP contribution in [0.5, 0.6) is 0 Å². The number of nitrogens with one attached hydrogen (secondary N) is 1. The van der Waals surface area contributed by atoms with Crippen molar-refractivity contribution in [1.29, 1.82) is 0 Å². The summed E-state index contributed by atoms with van der Waals surface area (Å²) in [7, 11) is 0. The zero-order chi connectivity index (χ0) is 15.5. The van der Waals surface area contributed by atoms with Gasteiger partial charge in [0.15, 0.2) is 0 Å². The van der Waals surface area contributed by atoms with Gasteiger partial charge in [-0.1, -0.05) is 24.3 Å². The van der Waals surface area contributed by atoms with Crippen LogP contribution in [0.15, 0.2) is 48.5 Å². The number of nitrogens with zero attached hydrogens (tertiary/aromatic N) is 1. The van der Waals surface area contributed by atoms with Crippen molar-refractivity contribution < 1.29 is 14.3 Å². The highest BCUT2D eigenvalue weighted by molar-refractivity contribution is 5.89. The minimum atomic E-state index is -0.356. The van der Waals surface area contributed by atoms with Crippen LogP contribution in [0.1, 0.15) is 17.2 Å². The molecule has 2 N–H and O–H groups in total. The zero-order valence-corrected chi connectivity index (χ0v) is 12.0. The Kier molecular flexibility index (Phi) is 4.06. The fraction of sp³-hybridized carbons (Fsp3) is 0.235. The van der Waals surface area contributed by atoms with Crippen molar-refractivity contribution in [3.63, 3.8) is 0 Å². The highest BCUT2D eigenvalue weighted by Crippen LogP contribution is 2.29. The van der Waals surface area contributed by atoms with Crippen LogP contribution in [0.2, 0.25) is 0 Å². The summed E-state index contributed by atoms with van der Waals surface area (Å²) < 4.78 is 12.9. The van der Waals surface area contributed by atoms with E-state index in [9.17, 15) is 14.3 Å². The van der Waals surface area contributed by atoms with E-state index in [4.69, 9.17) is 0 Å². The number of urea groups is 1. The molecular formula is C17H17FN2O2. The van der Waals surface area contributed by atoms with Crippen molar-refractivity contribution in [2.75, 3.05) is 18.5 Å². The van der Waals surface area contributed by atoms with E-state index >= 15 is 0 Å². The van der Waals surface area contributed by atoms with E-state index in [0.717, 1.165) is 17.5 Å². The van der Waals surface area contributed by atoms with Crippen LogP contribution in [0.25, 0.3) is 0 Å². The van der Waals surface area contributed by atoms with Crippen molar-refractivity contribution in [2.24, 2.45) is 0 Å². The van der Waals surface area contributed by atoms with Gasteiger partial charge in [0.25, 0.3) is 0 Å². The smallest absolute Gasteiger partial charge is 0.322 e. The maximum atomic E-state index is 12.9. The largest absolute Gasteiger partial charge is 0.394 e. The molecule has 1 aliphatic heterocycles. The third kappa shape index (κ3) is 2.80. The van der Waals surface area contributed by atoms with Gasteiger partial charge in [-0.15, -0.1) is 0 Å². The van der Waals surface area contributed by atoms with Gasteiger partial charge in [-0.25, -0.2) is 9.18 Å². The molecule has 1 aliphatic rings. The van der Waals surface area contributed by atoms with Crippen LogP contribution in [0, 0.1) is 5.82 Å². The number of carbonyl (C=O) groups excluding carboxylic acids is 1. The Balaban J connectivity index is 1.79. The average molecular weight is 300 g/mol. The number of amides is 2. The molecule has 5 heteroatoms. The van der Waals surface area contributed by atoms with E-state index in [2.05, 4.69) is 5.32 Å². The topological polar surface area (TPSA) is 52.6 Å². The second-order valence-electron chi connectivity index (χ2n) is 5.28. The molecule has 114 valence electrons. The first kappa shape index (κ1) is 14.5. The predicted molar refractivity (Wildman–Crippen MR) is 82.1 cm³/mol. The molecule has 2 amide bonds. The van der Waals surface area contributed by atoms with Crippen LogP contribution in [0.3, 0.4) is 0 Å². The first-order valence-electron chi connectivity index (χ1n) is 7.21. The number of anilines is 1. The monoisotopic (exact) mass is 300 g/mol. The normalized spacial score (nSPS) is 17.0. The van der Waals surface area contributed by atoms with E-state index in [1.54, 1.807) is 4.90 Å². The van der Waals surface area contributed by atoms with E-state index in [1.165, 1.54) is 24.3 Å². The maximum absolute atomic E-state index is 12.9. The van der Waals surface area contributed by atoms with Gasteiger partial charge in [0.2, 0.25) is 0 Å². The number of hydrogen-bond donors (Lipinski definition) is 2. The molecule has 2 aromatic carbocycles. The van der Waals surface area contributed by atoms with E-state index in [0.29, 0.717) is 12.2 Å². The molecule has 0 saturated carbocycles. The van der Waals surface area contributed by atoms with Crippen LogP contribution in [0.4, 0.5) is 14.9 Å². The Morgan fingerprint density at radius 3 is 2.68 bits per heavy atom. The Bertz CT molecular complexity index is 673. The number of rotatable bonds is 2. The summed E-state index contributed by atoms with van der Waals surface area (Å²) in [6.45, 7) is 0.406. The van der Waals surface area contributed by atoms with E-state index in [-0.39, 0.29) is 24.5 Å². The standard InChI is InChI=1S/C17H17FN2O2/c18-13-5-7-14(8-6-13)19-17(22)20-10-9-12-3-1-2-4-15(12)16(20)11-21/h1-8,16,21H,9-11H2,(H,19,22). The van der Waals surface area contributed by atoms with Gasteiger partial charge in [0, 0.05) is 12.2 Å². The summed E-state index contributed by atoms with van der Waals surface area (Å²) in [5.74, 6) is -0.349. The summed E-state index contributed by atoms with van der Waals surface area (Å²) in [6, 6.07) is 12.8. The maximum Gasteiger partial charge on any atom is 0.322 e. The van der Waals surface area contributed by atoms with Crippen molar-refractivity contribution in [3.05, 3.63) is 65.5 Å². The molecular weight excluding hydrogens is 283 g/mol. The first-order valence-corrected chi connectivity index (χ1v) is 7.21. The van der Waals surface area contributed by atoms with Gasteiger partial charge >= 0.3 is 6.03 Å². The third-order valence-electron chi connectivity index (χ3n) is 3.94. The van der Waals surface area contributed by atoms with Crippen molar-refractivity contribution in [3.8, 4) is 0 Å². The highest BCUT2D eigenvalue weighted by atomic mass is 19.1. The minimum Gasteiger partial charge on any atom is -0.394 e. The third-order valence-corrected chi connectivity index (χ3v) is 3.94. The van der Waals surface area contributed by atoms with Gasteiger partial charge in [-0.3, -0.25) is 0 Å². The van der Waals surface area contributed by atoms with Crippen LogP contribution in [-0.4, -0.2) is 29.2 Å². The predicted octanol–water partition coefficient (Wildman–Crippen LogP) is 2.95. The molecule has 0 aromatic heterocycles. The van der Waals surface area contributed by atoms with Crippen LogP contribution < -0.4 is 5.32 Å². The lowest BCUT2D eigenvalue weighted by atomic mass is 9.93. The molecule has 3 rings (SSSR count). The first-order chi connectivity index (χ1) is 10.7. The minimum absolute atomic E-state index is 0.131. The summed E-state index contributed by atoms with van der Waals surface area (Å²) in [4.78, 5) is 14.1. The second-order valence-corrected chi connectivity index (χ2v) is 5.28. The fourth-order valence-corrected chi connectivity index (χ4v) is 2.82. The highest BCUT2D eigenvalue weighted by Gasteiger charge is 2.30. The average Bonchev–Trinajstić information content (AvgIpc) is 2.55. The zero-order valence-electron chi connectivity index (χ0n) is 12.0. The molecule has 0 radical (unpaired) electrons. The number of benzene rings is 2. The van der Waals surface area contributed by atoms with E-state index in [1.807, 2.05) is 24.3 Å². The van der Waals surface area contributed by atoms with Crippen molar-refractivity contribution in [2.45, 2.75) is 12.5 Å². The van der Waals surface area contributed by atoms with Gasteiger partial charge in [-0.2, -0.15) is 0 Å². The van der Waals surface area contributed by atoms with Gasteiger partial charge in [0.1, 0.15) is 5.82 Å². The molecule has 1 heterocycles. The van der Waals surface area contributed by atoms with E-state index < -0.39 is 0 Å². The Labute approximate surface area is 128 Å². The number of hydrogen-bond acceptors (Lipinski definition) is 2. The molecule has 1 atom stereocenters. The Hall–Kier alpha value is -2.40. The summed E-state index contributed by atoms with van der Waals surface area (Å²) in [6.07, 6.45) is 0.753. The molecule has 0 bridgehead atoms. The summed E-state index contributed by atoms with van der Waals surface area (Å²) >= 11 is 0. The Morgan fingerprint density at radius 1 is 1.23 bits per heavy atom. The molecule has 0 saturated heterocycles. The number of halogens is 1. The van der Waals surface area contributed by atoms with Crippen LogP contribution >= 0.6 is 0 Å². The number of carbonyl (C=O) groups is 1. The van der Waals surface area contributed by atoms with Crippen LogP contribution in [-0.2, 0) is 6.42 Å². The molecule has 0 aliphatic carbocycles. The lowest BCUT2D eigenvalue weighted by Gasteiger charge is -2.36. The van der Waals surface area contributed by atoms with Gasteiger partial charge < -0.3 is 15.3 Å². The van der Waals surface area contributed by atoms with Crippen molar-refractivity contribution >= 4 is 11.7 Å². The van der Waals surface area contributed by atoms with Gasteiger partial charge in [-0.05, 0) is 41.8 Å². The molecule has 4 nitrogen and oxygen atoms in total. The van der Waals surface area contributed by atoms with Crippen molar-refractivity contribution in [1.82, 2.24) is 4.90 Å². The number of aliphatic hydroxyl groups is 1. The quantitative estimate of drug-likeness (QED) is 0.896. The molecule has 22 heavy (non-hydrogen) atoms. The summed E-state index contributed by atoms with van der Waals surface area (Å²) in [5, 5.41) is 12.4. The van der Waals surface area contributed by atoms with Gasteiger partial charge in [0.05, 0.1) is 12.6 Å². The number of fused-ring (bicyclic) bond motifs is 1. The molecule has 2 aromatic rings. The summed E-state index contributed by atoms with van der Waals surface area (Å²) in [5.41, 5.74) is 2.67. The molecule has 0 spiro atoms.